The molecule has 146 valence electrons. The fourth-order valence-electron chi connectivity index (χ4n) is 3.53. The average Bonchev–Trinajstić information content (AvgIpc) is 2.89. The Labute approximate surface area is 170 Å². The highest BCUT2D eigenvalue weighted by atomic mass is 16.5. The third kappa shape index (κ3) is 3.69. The summed E-state index contributed by atoms with van der Waals surface area (Å²) in [6.07, 6.45) is 3.39. The van der Waals surface area contributed by atoms with E-state index < -0.39 is 0 Å². The van der Waals surface area contributed by atoms with Crippen molar-refractivity contribution in [1.29, 1.82) is 0 Å². The predicted octanol–water partition coefficient (Wildman–Crippen LogP) is 3.83. The number of carbonyl (C=O) groups excluding carboxylic acids is 1. The van der Waals surface area contributed by atoms with Gasteiger partial charge < -0.3 is 14.5 Å². The lowest BCUT2D eigenvalue weighted by molar-refractivity contribution is 0.0747. The summed E-state index contributed by atoms with van der Waals surface area (Å²) in [5.74, 6) is 0.408. The lowest BCUT2D eigenvalue weighted by atomic mass is 10.1. The van der Waals surface area contributed by atoms with Crippen molar-refractivity contribution < 1.29 is 9.53 Å². The summed E-state index contributed by atoms with van der Waals surface area (Å²) >= 11 is 0. The van der Waals surface area contributed by atoms with Gasteiger partial charge in [0.25, 0.3) is 5.91 Å². The van der Waals surface area contributed by atoms with Crippen molar-refractivity contribution in [3.8, 4) is 6.01 Å². The van der Waals surface area contributed by atoms with E-state index in [0.717, 1.165) is 11.3 Å². The summed E-state index contributed by atoms with van der Waals surface area (Å²) in [7, 11) is 1.51. The number of ether oxygens (including phenoxy) is 1. The Hall–Kier alpha value is -3.67. The Bertz CT molecular complexity index is 1010. The van der Waals surface area contributed by atoms with E-state index in [9.17, 15) is 4.79 Å². The molecular weight excluding hydrogens is 364 g/mol. The van der Waals surface area contributed by atoms with Crippen LogP contribution in [-0.4, -0.2) is 40.5 Å². The van der Waals surface area contributed by atoms with Crippen LogP contribution in [0.15, 0.2) is 79.5 Å². The van der Waals surface area contributed by atoms with Gasteiger partial charge in [0.1, 0.15) is 5.56 Å². The van der Waals surface area contributed by atoms with Gasteiger partial charge in [-0.1, -0.05) is 54.6 Å². The maximum Gasteiger partial charge on any atom is 0.318 e. The topological polar surface area (TPSA) is 58.6 Å². The Balaban J connectivity index is 1.83. The number of anilines is 2. The number of benzene rings is 2. The SMILES string of the molecule is C=C[C@@H]1CN(Cc2ccccc2)C(=O)c2cnc(OC)nc2N1c1ccccc1. The molecule has 0 fully saturated rings. The summed E-state index contributed by atoms with van der Waals surface area (Å²) < 4.78 is 5.23. The van der Waals surface area contributed by atoms with Crippen LogP contribution in [0, 0.1) is 0 Å². The van der Waals surface area contributed by atoms with Crippen molar-refractivity contribution in [1.82, 2.24) is 14.9 Å². The molecule has 29 heavy (non-hydrogen) atoms. The maximum absolute atomic E-state index is 13.4. The second kappa shape index (κ2) is 8.14. The molecule has 0 radical (unpaired) electrons. The van der Waals surface area contributed by atoms with E-state index in [1.807, 2.05) is 76.5 Å². The summed E-state index contributed by atoms with van der Waals surface area (Å²) in [6.45, 7) is 5.00. The van der Waals surface area contributed by atoms with Gasteiger partial charge in [-0.15, -0.1) is 6.58 Å². The molecule has 0 N–H and O–H groups in total. The number of fused-ring (bicyclic) bond motifs is 1. The zero-order chi connectivity index (χ0) is 20.2. The van der Waals surface area contributed by atoms with Crippen LogP contribution in [-0.2, 0) is 6.54 Å². The van der Waals surface area contributed by atoms with Gasteiger partial charge in [0.05, 0.1) is 13.2 Å². The molecule has 0 aliphatic carbocycles. The Morgan fingerprint density at radius 1 is 1.14 bits per heavy atom. The Morgan fingerprint density at radius 2 is 1.83 bits per heavy atom. The molecule has 0 saturated carbocycles. The largest absolute Gasteiger partial charge is 0.467 e. The first-order valence-electron chi connectivity index (χ1n) is 9.42. The normalized spacial score (nSPS) is 16.2. The van der Waals surface area contributed by atoms with Crippen LogP contribution in [0.2, 0.25) is 0 Å². The molecule has 1 amide bonds. The van der Waals surface area contributed by atoms with E-state index in [1.165, 1.54) is 7.11 Å². The Morgan fingerprint density at radius 3 is 2.48 bits per heavy atom. The molecule has 1 atom stereocenters. The average molecular weight is 386 g/mol. The number of aromatic nitrogens is 2. The van der Waals surface area contributed by atoms with Gasteiger partial charge in [-0.2, -0.15) is 4.98 Å². The molecule has 0 bridgehead atoms. The van der Waals surface area contributed by atoms with Crippen molar-refractivity contribution in [2.24, 2.45) is 0 Å². The van der Waals surface area contributed by atoms with Gasteiger partial charge in [0.15, 0.2) is 5.82 Å². The second-order valence-corrected chi connectivity index (χ2v) is 6.77. The minimum Gasteiger partial charge on any atom is -0.467 e. The molecule has 1 aliphatic rings. The van der Waals surface area contributed by atoms with Gasteiger partial charge in [-0.25, -0.2) is 4.98 Å². The molecule has 0 saturated heterocycles. The smallest absolute Gasteiger partial charge is 0.318 e. The van der Waals surface area contributed by atoms with Crippen molar-refractivity contribution in [2.75, 3.05) is 18.6 Å². The van der Waals surface area contributed by atoms with Gasteiger partial charge in [0, 0.05) is 25.0 Å². The molecule has 2 aromatic carbocycles. The van der Waals surface area contributed by atoms with Crippen LogP contribution in [0.25, 0.3) is 0 Å². The van der Waals surface area contributed by atoms with Crippen LogP contribution < -0.4 is 9.64 Å². The van der Waals surface area contributed by atoms with Gasteiger partial charge >= 0.3 is 6.01 Å². The zero-order valence-corrected chi connectivity index (χ0v) is 16.2. The summed E-state index contributed by atoms with van der Waals surface area (Å²) in [6, 6.07) is 19.9. The fraction of sp³-hybridized carbons (Fsp3) is 0.174. The molecular formula is C23H22N4O2. The second-order valence-electron chi connectivity index (χ2n) is 6.77. The number of para-hydroxylation sites is 1. The first-order chi connectivity index (χ1) is 14.2. The Kier molecular flexibility index (Phi) is 5.24. The predicted molar refractivity (Wildman–Crippen MR) is 112 cm³/mol. The van der Waals surface area contributed by atoms with E-state index >= 15 is 0 Å². The summed E-state index contributed by atoms with van der Waals surface area (Å²) in [5, 5.41) is 0. The maximum atomic E-state index is 13.4. The highest BCUT2D eigenvalue weighted by Gasteiger charge is 2.34. The van der Waals surface area contributed by atoms with Crippen molar-refractivity contribution >= 4 is 17.4 Å². The van der Waals surface area contributed by atoms with Crippen LogP contribution in [0.5, 0.6) is 6.01 Å². The lowest BCUT2D eigenvalue weighted by Gasteiger charge is -2.31. The zero-order valence-electron chi connectivity index (χ0n) is 16.2. The van der Waals surface area contributed by atoms with Crippen molar-refractivity contribution in [3.63, 3.8) is 0 Å². The standard InChI is InChI=1S/C23H22N4O2/c1-3-18-16-26(15-17-10-6-4-7-11-17)22(28)20-14-24-23(29-2)25-21(20)27(18)19-12-8-5-9-13-19/h3-14,18H,1,15-16H2,2H3/t18-/m1/s1. The monoisotopic (exact) mass is 386 g/mol. The lowest BCUT2D eigenvalue weighted by Crippen LogP contribution is -2.39. The van der Waals surface area contributed by atoms with E-state index in [1.54, 1.807) is 6.20 Å². The minimum absolute atomic E-state index is 0.114. The molecule has 6 heteroatoms. The minimum atomic E-state index is -0.161. The number of rotatable bonds is 5. The molecule has 6 nitrogen and oxygen atoms in total. The molecule has 2 heterocycles. The summed E-state index contributed by atoms with van der Waals surface area (Å²) in [4.78, 5) is 26.0. The molecule has 3 aromatic rings. The number of methoxy groups -OCH3 is 1. The first-order valence-corrected chi connectivity index (χ1v) is 9.42. The summed E-state index contributed by atoms with van der Waals surface area (Å²) in [5.41, 5.74) is 2.43. The van der Waals surface area contributed by atoms with E-state index in [-0.39, 0.29) is 18.0 Å². The number of nitrogens with zero attached hydrogens (tertiary/aromatic N) is 4. The van der Waals surface area contributed by atoms with Crippen LogP contribution in [0.3, 0.4) is 0 Å². The van der Waals surface area contributed by atoms with Crippen LogP contribution in [0.1, 0.15) is 15.9 Å². The first kappa shape index (κ1) is 18.7. The number of amides is 1. The van der Waals surface area contributed by atoms with E-state index in [2.05, 4.69) is 16.5 Å². The number of hydrogen-bond acceptors (Lipinski definition) is 5. The highest BCUT2D eigenvalue weighted by Crippen LogP contribution is 2.34. The fourth-order valence-corrected chi connectivity index (χ4v) is 3.53. The van der Waals surface area contributed by atoms with E-state index in [4.69, 9.17) is 4.74 Å². The van der Waals surface area contributed by atoms with Gasteiger partial charge in [0.2, 0.25) is 0 Å². The molecule has 0 unspecified atom stereocenters. The molecule has 1 aromatic heterocycles. The molecule has 0 spiro atoms. The third-order valence-corrected chi connectivity index (χ3v) is 4.94. The van der Waals surface area contributed by atoms with Gasteiger partial charge in [-0.05, 0) is 17.7 Å². The molecule has 1 aliphatic heterocycles. The van der Waals surface area contributed by atoms with Crippen LogP contribution in [0.4, 0.5) is 11.5 Å². The van der Waals surface area contributed by atoms with E-state index in [0.29, 0.717) is 24.5 Å². The van der Waals surface area contributed by atoms with Crippen molar-refractivity contribution in [2.45, 2.75) is 12.6 Å². The number of carbonyl (C=O) groups is 1. The third-order valence-electron chi connectivity index (χ3n) is 4.94. The van der Waals surface area contributed by atoms with Crippen molar-refractivity contribution in [3.05, 3.63) is 90.6 Å². The number of hydrogen-bond donors (Lipinski definition) is 0. The molecule has 4 rings (SSSR count). The quantitative estimate of drug-likeness (QED) is 0.624. The van der Waals surface area contributed by atoms with Gasteiger partial charge in [-0.3, -0.25) is 4.79 Å². The highest BCUT2D eigenvalue weighted by molar-refractivity contribution is 6.00. The van der Waals surface area contributed by atoms with Crippen LogP contribution >= 0.6 is 0 Å².